The number of aromatic nitrogens is 3. The van der Waals surface area contributed by atoms with Gasteiger partial charge >= 0.3 is 6.09 Å². The van der Waals surface area contributed by atoms with E-state index in [1.165, 1.54) is 4.88 Å². The van der Waals surface area contributed by atoms with Crippen LogP contribution in [-0.2, 0) is 4.74 Å². The van der Waals surface area contributed by atoms with Gasteiger partial charge in [0.05, 0.1) is 12.4 Å². The van der Waals surface area contributed by atoms with E-state index in [9.17, 15) is 4.79 Å². The average molecular weight is 385 g/mol. The number of nitrogens with one attached hydrogen (secondary N) is 1. The Kier molecular flexibility index (Phi) is 5.60. The van der Waals surface area contributed by atoms with Crippen molar-refractivity contribution in [3.63, 3.8) is 0 Å². The Morgan fingerprint density at radius 1 is 1.30 bits per heavy atom. The van der Waals surface area contributed by atoms with Gasteiger partial charge in [0.1, 0.15) is 10.6 Å². The fraction of sp³-hybridized carbons (Fsp3) is 0.350. The molecule has 0 aliphatic carbocycles. The Morgan fingerprint density at radius 3 is 2.63 bits per heavy atom. The number of rotatable bonds is 5. The zero-order valence-corrected chi connectivity index (χ0v) is 16.8. The SMILES string of the molecule is CCC(c1cnc(-c2ccc(NC(=O)OC(C)(C)C)cc2)s1)n1ccnc1. The summed E-state index contributed by atoms with van der Waals surface area (Å²) in [4.78, 5) is 21.8. The van der Waals surface area contributed by atoms with E-state index in [4.69, 9.17) is 4.74 Å². The maximum absolute atomic E-state index is 11.9. The summed E-state index contributed by atoms with van der Waals surface area (Å²) in [6.45, 7) is 7.66. The van der Waals surface area contributed by atoms with Crippen LogP contribution in [0.1, 0.15) is 45.0 Å². The molecule has 0 fully saturated rings. The van der Waals surface area contributed by atoms with Gasteiger partial charge in [-0.15, -0.1) is 11.3 Å². The van der Waals surface area contributed by atoms with Gasteiger partial charge in [-0.25, -0.2) is 14.8 Å². The number of carbonyl (C=O) groups is 1. The average Bonchev–Trinajstić information content (AvgIpc) is 3.27. The van der Waals surface area contributed by atoms with Crippen LogP contribution in [0.2, 0.25) is 0 Å². The molecular formula is C20H24N4O2S. The minimum atomic E-state index is -0.521. The Labute approximate surface area is 163 Å². The molecule has 1 unspecified atom stereocenters. The lowest BCUT2D eigenvalue weighted by atomic mass is 10.2. The molecule has 7 heteroatoms. The molecule has 2 heterocycles. The van der Waals surface area contributed by atoms with Crippen LogP contribution in [0, 0.1) is 0 Å². The van der Waals surface area contributed by atoms with Crippen molar-refractivity contribution in [2.45, 2.75) is 45.8 Å². The molecule has 1 N–H and O–H groups in total. The molecular weight excluding hydrogens is 360 g/mol. The lowest BCUT2D eigenvalue weighted by molar-refractivity contribution is 0.0636. The number of benzene rings is 1. The molecule has 0 bridgehead atoms. The first kappa shape index (κ1) is 19.1. The van der Waals surface area contributed by atoms with Crippen LogP contribution in [-0.4, -0.2) is 26.2 Å². The molecule has 0 saturated carbocycles. The topological polar surface area (TPSA) is 69.0 Å². The van der Waals surface area contributed by atoms with E-state index >= 15 is 0 Å². The van der Waals surface area contributed by atoms with E-state index < -0.39 is 11.7 Å². The summed E-state index contributed by atoms with van der Waals surface area (Å²) in [6, 6.07) is 7.86. The van der Waals surface area contributed by atoms with Crippen LogP contribution in [0.25, 0.3) is 10.6 Å². The molecule has 142 valence electrons. The number of nitrogens with zero attached hydrogens (tertiary/aromatic N) is 3. The molecule has 0 spiro atoms. The van der Waals surface area contributed by atoms with Gasteiger partial charge in [-0.05, 0) is 51.5 Å². The highest BCUT2D eigenvalue weighted by Gasteiger charge is 2.17. The number of carbonyl (C=O) groups excluding carboxylic acids is 1. The van der Waals surface area contributed by atoms with Crippen molar-refractivity contribution < 1.29 is 9.53 Å². The van der Waals surface area contributed by atoms with E-state index in [-0.39, 0.29) is 6.04 Å². The van der Waals surface area contributed by atoms with Gasteiger partial charge in [-0.1, -0.05) is 6.92 Å². The second-order valence-electron chi connectivity index (χ2n) is 7.21. The van der Waals surface area contributed by atoms with Crippen LogP contribution in [0.5, 0.6) is 0 Å². The molecule has 1 aromatic carbocycles. The summed E-state index contributed by atoms with van der Waals surface area (Å²) >= 11 is 1.67. The van der Waals surface area contributed by atoms with Crippen molar-refractivity contribution in [3.8, 4) is 10.6 Å². The monoisotopic (exact) mass is 384 g/mol. The predicted octanol–water partition coefficient (Wildman–Crippen LogP) is 5.35. The maximum Gasteiger partial charge on any atom is 0.412 e. The molecule has 2 aromatic heterocycles. The number of hydrogen-bond acceptors (Lipinski definition) is 5. The van der Waals surface area contributed by atoms with E-state index in [2.05, 4.69) is 26.8 Å². The van der Waals surface area contributed by atoms with Gasteiger partial charge in [-0.2, -0.15) is 0 Å². The standard InChI is InChI=1S/C20H24N4O2S/c1-5-16(24-11-10-21-13-24)17-12-22-18(27-17)14-6-8-15(9-7-14)23-19(25)26-20(2,3)4/h6-13,16H,5H2,1-4H3,(H,23,25). The lowest BCUT2D eigenvalue weighted by Crippen LogP contribution is -2.27. The van der Waals surface area contributed by atoms with E-state index in [1.807, 2.05) is 63.8 Å². The van der Waals surface area contributed by atoms with Crippen molar-refractivity contribution in [3.05, 3.63) is 54.1 Å². The number of ether oxygens (including phenoxy) is 1. The van der Waals surface area contributed by atoms with Gasteiger partial charge in [-0.3, -0.25) is 5.32 Å². The third-order valence-electron chi connectivity index (χ3n) is 3.90. The molecule has 3 aromatic rings. The molecule has 0 saturated heterocycles. The molecule has 1 atom stereocenters. The summed E-state index contributed by atoms with van der Waals surface area (Å²) in [5, 5.41) is 3.69. The lowest BCUT2D eigenvalue weighted by Gasteiger charge is -2.19. The molecule has 27 heavy (non-hydrogen) atoms. The van der Waals surface area contributed by atoms with Gasteiger partial charge in [0, 0.05) is 34.7 Å². The molecule has 0 aliphatic rings. The third-order valence-corrected chi connectivity index (χ3v) is 5.05. The number of imidazole rings is 1. The third kappa shape index (κ3) is 4.95. The molecule has 0 aliphatic heterocycles. The Balaban J connectivity index is 1.71. The van der Waals surface area contributed by atoms with Crippen LogP contribution in [0.15, 0.2) is 49.2 Å². The van der Waals surface area contributed by atoms with Gasteiger partial charge < -0.3 is 9.30 Å². The smallest absolute Gasteiger partial charge is 0.412 e. The van der Waals surface area contributed by atoms with Crippen molar-refractivity contribution >= 4 is 23.1 Å². The van der Waals surface area contributed by atoms with Gasteiger partial charge in [0.15, 0.2) is 0 Å². The summed E-state index contributed by atoms with van der Waals surface area (Å²) in [6.07, 6.45) is 8.05. The van der Waals surface area contributed by atoms with Crippen LogP contribution < -0.4 is 5.32 Å². The van der Waals surface area contributed by atoms with E-state index in [0.717, 1.165) is 17.0 Å². The van der Waals surface area contributed by atoms with E-state index in [0.29, 0.717) is 5.69 Å². The molecule has 1 amide bonds. The number of hydrogen-bond donors (Lipinski definition) is 1. The predicted molar refractivity (Wildman–Crippen MR) is 108 cm³/mol. The number of anilines is 1. The first-order valence-electron chi connectivity index (χ1n) is 8.89. The van der Waals surface area contributed by atoms with E-state index in [1.54, 1.807) is 17.5 Å². The quantitative estimate of drug-likeness (QED) is 0.643. The fourth-order valence-electron chi connectivity index (χ4n) is 2.70. The number of thiazole rings is 1. The fourth-order valence-corrected chi connectivity index (χ4v) is 3.82. The maximum atomic E-state index is 11.9. The number of amides is 1. The largest absolute Gasteiger partial charge is 0.444 e. The summed E-state index contributed by atoms with van der Waals surface area (Å²) in [7, 11) is 0. The van der Waals surface area contributed by atoms with Crippen molar-refractivity contribution in [2.75, 3.05) is 5.32 Å². The normalized spacial score (nSPS) is 12.6. The highest BCUT2D eigenvalue weighted by atomic mass is 32.1. The molecule has 0 radical (unpaired) electrons. The molecule has 3 rings (SSSR count). The minimum Gasteiger partial charge on any atom is -0.444 e. The minimum absolute atomic E-state index is 0.242. The Morgan fingerprint density at radius 2 is 2.04 bits per heavy atom. The first-order chi connectivity index (χ1) is 12.9. The van der Waals surface area contributed by atoms with Crippen molar-refractivity contribution in [1.82, 2.24) is 14.5 Å². The van der Waals surface area contributed by atoms with Crippen LogP contribution in [0.4, 0.5) is 10.5 Å². The zero-order chi connectivity index (χ0) is 19.4. The summed E-state index contributed by atoms with van der Waals surface area (Å²) in [5.74, 6) is 0. The van der Waals surface area contributed by atoms with Crippen molar-refractivity contribution in [1.29, 1.82) is 0 Å². The summed E-state index contributed by atoms with van der Waals surface area (Å²) < 4.78 is 7.37. The second-order valence-corrected chi connectivity index (χ2v) is 8.27. The Hall–Kier alpha value is -2.67. The van der Waals surface area contributed by atoms with Crippen LogP contribution >= 0.6 is 11.3 Å². The Bertz CT molecular complexity index is 880. The highest BCUT2D eigenvalue weighted by molar-refractivity contribution is 7.15. The second kappa shape index (κ2) is 7.92. The van der Waals surface area contributed by atoms with Gasteiger partial charge in [0.2, 0.25) is 0 Å². The van der Waals surface area contributed by atoms with Crippen LogP contribution in [0.3, 0.4) is 0 Å². The first-order valence-corrected chi connectivity index (χ1v) is 9.71. The zero-order valence-electron chi connectivity index (χ0n) is 16.0. The van der Waals surface area contributed by atoms with Crippen molar-refractivity contribution in [2.24, 2.45) is 0 Å². The summed E-state index contributed by atoms with van der Waals surface area (Å²) in [5.41, 5.74) is 1.18. The van der Waals surface area contributed by atoms with Gasteiger partial charge in [0.25, 0.3) is 0 Å². The highest BCUT2D eigenvalue weighted by Crippen LogP contribution is 2.32. The molecule has 6 nitrogen and oxygen atoms in total.